The van der Waals surface area contributed by atoms with E-state index in [4.69, 9.17) is 0 Å². The second-order valence-corrected chi connectivity index (χ2v) is 8.98. The van der Waals surface area contributed by atoms with Gasteiger partial charge in [0.2, 0.25) is 0 Å². The molecule has 0 atom stereocenters. The van der Waals surface area contributed by atoms with Gasteiger partial charge in [0.15, 0.2) is 0 Å². The van der Waals surface area contributed by atoms with Crippen LogP contribution in [0.15, 0.2) is 114 Å². The van der Waals surface area contributed by atoms with E-state index in [2.05, 4.69) is 44.3 Å². The number of aromatic nitrogens is 2. The number of nitrogens with one attached hydrogen (secondary N) is 1. The van der Waals surface area contributed by atoms with Crippen molar-refractivity contribution in [3.05, 3.63) is 126 Å². The van der Waals surface area contributed by atoms with Gasteiger partial charge in [-0.05, 0) is 48.0 Å². The van der Waals surface area contributed by atoms with Gasteiger partial charge in [-0.25, -0.2) is 14.8 Å². The zero-order valence-corrected chi connectivity index (χ0v) is 20.6. The number of benzene rings is 4. The van der Waals surface area contributed by atoms with Gasteiger partial charge in [-0.15, -0.1) is 0 Å². The number of aryl methyl sites for hydroxylation is 1. The van der Waals surface area contributed by atoms with Gasteiger partial charge in [-0.2, -0.15) is 5.10 Å². The molecule has 38 heavy (non-hydrogen) atoms. The number of hydrogen-bond donors (Lipinski definition) is 1. The van der Waals surface area contributed by atoms with Crippen LogP contribution >= 0.6 is 0 Å². The average molecular weight is 499 g/mol. The van der Waals surface area contributed by atoms with Crippen molar-refractivity contribution in [1.29, 1.82) is 0 Å². The van der Waals surface area contributed by atoms with Crippen LogP contribution in [0.25, 0.3) is 44.3 Å². The van der Waals surface area contributed by atoms with Crippen molar-refractivity contribution in [2.75, 3.05) is 0 Å². The third kappa shape index (κ3) is 4.22. The van der Waals surface area contributed by atoms with Crippen LogP contribution in [0.3, 0.4) is 0 Å². The first kappa shape index (κ1) is 23.3. The van der Waals surface area contributed by atoms with Gasteiger partial charge in [0.25, 0.3) is 5.91 Å². The van der Waals surface area contributed by atoms with Crippen LogP contribution in [-0.4, -0.2) is 21.7 Å². The number of para-hydroxylation sites is 2. The maximum absolute atomic E-state index is 13.5. The minimum atomic E-state index is -0.357. The lowest BCUT2D eigenvalue weighted by Crippen LogP contribution is -2.18. The number of hydrogen-bond acceptors (Lipinski definition) is 3. The molecular weight excluding hydrogens is 475 g/mol. The molecule has 6 rings (SSSR count). The molecule has 0 fully saturated rings. The molecule has 0 radical (unpaired) electrons. The van der Waals surface area contributed by atoms with Crippen molar-refractivity contribution in [3.8, 4) is 22.5 Å². The van der Waals surface area contributed by atoms with E-state index in [0.29, 0.717) is 22.2 Å². The van der Waals surface area contributed by atoms with Gasteiger partial charge in [-0.1, -0.05) is 66.7 Å². The summed E-state index contributed by atoms with van der Waals surface area (Å²) in [4.78, 5) is 18.1. The van der Waals surface area contributed by atoms with Crippen LogP contribution < -0.4 is 5.43 Å². The Labute approximate surface area is 218 Å². The summed E-state index contributed by atoms with van der Waals surface area (Å²) in [7, 11) is 2.03. The first-order chi connectivity index (χ1) is 18.6. The van der Waals surface area contributed by atoms with Gasteiger partial charge < -0.3 is 4.57 Å². The molecule has 0 aliphatic carbocycles. The van der Waals surface area contributed by atoms with Crippen LogP contribution in [-0.2, 0) is 7.05 Å². The lowest BCUT2D eigenvalue weighted by atomic mass is 10.0. The summed E-state index contributed by atoms with van der Waals surface area (Å²) < 4.78 is 15.6. The number of hydrazone groups is 1. The first-order valence-corrected chi connectivity index (χ1v) is 12.2. The van der Waals surface area contributed by atoms with Crippen molar-refractivity contribution >= 4 is 33.9 Å². The minimum absolute atomic E-state index is 0.329. The molecule has 4 aromatic carbocycles. The topological polar surface area (TPSA) is 59.3 Å². The number of halogens is 1. The first-order valence-electron chi connectivity index (χ1n) is 12.2. The molecular formula is C32H23FN4O. The highest BCUT2D eigenvalue weighted by Gasteiger charge is 2.16. The highest BCUT2D eigenvalue weighted by Crippen LogP contribution is 2.32. The normalized spacial score (nSPS) is 11.4. The molecule has 0 saturated heterocycles. The van der Waals surface area contributed by atoms with E-state index in [1.165, 1.54) is 12.1 Å². The van der Waals surface area contributed by atoms with Crippen molar-refractivity contribution in [1.82, 2.24) is 15.0 Å². The maximum Gasteiger partial charge on any atom is 0.272 e. The van der Waals surface area contributed by atoms with E-state index in [-0.39, 0.29) is 11.7 Å². The Hall–Kier alpha value is -5.10. The van der Waals surface area contributed by atoms with E-state index in [1.54, 1.807) is 24.4 Å². The lowest BCUT2D eigenvalue weighted by molar-refractivity contribution is 0.0956. The predicted molar refractivity (Wildman–Crippen MR) is 151 cm³/mol. The van der Waals surface area contributed by atoms with Crippen LogP contribution in [0, 0.1) is 5.82 Å². The third-order valence-electron chi connectivity index (χ3n) is 6.65. The molecule has 6 heteroatoms. The van der Waals surface area contributed by atoms with Crippen LogP contribution in [0.5, 0.6) is 0 Å². The van der Waals surface area contributed by atoms with E-state index in [0.717, 1.165) is 33.3 Å². The Morgan fingerprint density at radius 3 is 2.32 bits per heavy atom. The molecule has 0 unspecified atom stereocenters. The average Bonchev–Trinajstić information content (AvgIpc) is 3.24. The quantitative estimate of drug-likeness (QED) is 0.206. The van der Waals surface area contributed by atoms with Crippen molar-refractivity contribution < 1.29 is 9.18 Å². The van der Waals surface area contributed by atoms with Crippen LogP contribution in [0.1, 0.15) is 15.9 Å². The number of fused-ring (bicyclic) bond motifs is 2. The largest absolute Gasteiger partial charge is 0.343 e. The van der Waals surface area contributed by atoms with Gasteiger partial charge >= 0.3 is 0 Å². The highest BCUT2D eigenvalue weighted by atomic mass is 19.1. The highest BCUT2D eigenvalue weighted by molar-refractivity contribution is 6.09. The van der Waals surface area contributed by atoms with Crippen molar-refractivity contribution in [2.24, 2.45) is 12.1 Å². The summed E-state index contributed by atoms with van der Waals surface area (Å²) in [5.41, 5.74) is 9.18. The monoisotopic (exact) mass is 498 g/mol. The molecule has 2 aromatic heterocycles. The lowest BCUT2D eigenvalue weighted by Gasteiger charge is -2.09. The molecule has 0 spiro atoms. The number of pyridine rings is 1. The van der Waals surface area contributed by atoms with E-state index >= 15 is 0 Å². The summed E-state index contributed by atoms with van der Waals surface area (Å²) in [5, 5.41) is 6.13. The van der Waals surface area contributed by atoms with E-state index in [1.807, 2.05) is 61.6 Å². The van der Waals surface area contributed by atoms with Crippen molar-refractivity contribution in [3.63, 3.8) is 0 Å². The Kier molecular flexibility index (Phi) is 5.98. The second kappa shape index (κ2) is 9.75. The van der Waals surface area contributed by atoms with Crippen molar-refractivity contribution in [2.45, 2.75) is 0 Å². The molecule has 0 bridgehead atoms. The SMILES string of the molecule is Cn1c(-c2ccccc2)c(C=NNC(=O)c2cc(-c3ccc(F)cc3)nc3ccccc23)c2ccccc21. The molecule has 0 aliphatic heterocycles. The Morgan fingerprint density at radius 1 is 0.842 bits per heavy atom. The van der Waals surface area contributed by atoms with E-state index in [9.17, 15) is 9.18 Å². The minimum Gasteiger partial charge on any atom is -0.343 e. The standard InChI is InChI=1S/C32H23FN4O/c1-37-30-14-8-6-12-25(30)27(31(37)22-9-3-2-4-10-22)20-34-36-32(38)26-19-29(21-15-17-23(33)18-16-21)35-28-13-7-5-11-24(26)28/h2-20H,1H3,(H,36,38). The zero-order valence-electron chi connectivity index (χ0n) is 20.6. The molecule has 5 nitrogen and oxygen atoms in total. The maximum atomic E-state index is 13.5. The Morgan fingerprint density at radius 2 is 1.53 bits per heavy atom. The summed E-state index contributed by atoms with van der Waals surface area (Å²) in [6.45, 7) is 0. The summed E-state index contributed by atoms with van der Waals surface area (Å²) in [6, 6.07) is 33.4. The summed E-state index contributed by atoms with van der Waals surface area (Å²) in [5.74, 6) is -0.685. The van der Waals surface area contributed by atoms with Gasteiger partial charge in [0.05, 0.1) is 28.7 Å². The molecule has 0 saturated carbocycles. The molecule has 6 aromatic rings. The molecule has 1 amide bonds. The fourth-order valence-corrected chi connectivity index (χ4v) is 4.85. The Bertz CT molecular complexity index is 1820. The van der Waals surface area contributed by atoms with Crippen LogP contribution in [0.4, 0.5) is 4.39 Å². The number of nitrogens with zero attached hydrogens (tertiary/aromatic N) is 3. The number of rotatable bonds is 5. The molecule has 184 valence electrons. The fraction of sp³-hybridized carbons (Fsp3) is 0.0312. The van der Waals surface area contributed by atoms with Gasteiger partial charge in [-0.3, -0.25) is 4.79 Å². The number of amides is 1. The van der Waals surface area contributed by atoms with Crippen LogP contribution in [0.2, 0.25) is 0 Å². The Balaban J connectivity index is 1.38. The molecule has 1 N–H and O–H groups in total. The fourth-order valence-electron chi connectivity index (χ4n) is 4.85. The predicted octanol–water partition coefficient (Wildman–Crippen LogP) is 6.96. The van der Waals surface area contributed by atoms with Gasteiger partial charge in [0, 0.05) is 34.5 Å². The third-order valence-corrected chi connectivity index (χ3v) is 6.65. The molecule has 0 aliphatic rings. The molecule has 2 heterocycles. The zero-order chi connectivity index (χ0) is 26.1. The summed E-state index contributed by atoms with van der Waals surface area (Å²) in [6.07, 6.45) is 1.70. The smallest absolute Gasteiger partial charge is 0.272 e. The van der Waals surface area contributed by atoms with Gasteiger partial charge in [0.1, 0.15) is 5.82 Å². The second-order valence-electron chi connectivity index (χ2n) is 8.98. The summed E-state index contributed by atoms with van der Waals surface area (Å²) >= 11 is 0. The number of carbonyl (C=O) groups is 1. The number of carbonyl (C=O) groups excluding carboxylic acids is 1. The van der Waals surface area contributed by atoms with E-state index < -0.39 is 0 Å².